The average Bonchev–Trinajstić information content (AvgIpc) is 2.68. The summed E-state index contributed by atoms with van der Waals surface area (Å²) in [6.45, 7) is 3.08. The zero-order valence-corrected chi connectivity index (χ0v) is 18.1. The summed E-state index contributed by atoms with van der Waals surface area (Å²) >= 11 is 0. The normalized spacial score (nSPS) is 15.3. The fourth-order valence-corrected chi connectivity index (χ4v) is 2.73. The number of ether oxygens (including phenoxy) is 2. The number of phosphoric ester groups is 1. The Morgan fingerprint density at radius 1 is 1.00 bits per heavy atom. The predicted molar refractivity (Wildman–Crippen MR) is 103 cm³/mol. The first-order valence-electron chi connectivity index (χ1n) is 9.87. The summed E-state index contributed by atoms with van der Waals surface area (Å²) in [6, 6.07) is 0. The molecule has 29 heavy (non-hydrogen) atoms. The predicted octanol–water partition coefficient (Wildman–Crippen LogP) is 2.25. The Labute approximate surface area is 172 Å². The van der Waals surface area contributed by atoms with Gasteiger partial charge in [0.1, 0.15) is 12.7 Å². The van der Waals surface area contributed by atoms with E-state index in [0.29, 0.717) is 12.8 Å². The fraction of sp³-hybridized carbons (Fsp3) is 0.833. The van der Waals surface area contributed by atoms with Crippen LogP contribution in [0.25, 0.3) is 0 Å². The van der Waals surface area contributed by atoms with E-state index in [4.69, 9.17) is 19.7 Å². The fourth-order valence-electron chi connectivity index (χ4n) is 2.02. The number of hydrogen-bond donors (Lipinski definition) is 3. The number of esters is 2. The van der Waals surface area contributed by atoms with E-state index in [1.165, 1.54) is 0 Å². The molecule has 1 unspecified atom stereocenters. The zero-order valence-electron chi connectivity index (χ0n) is 17.2. The molecule has 3 N–H and O–H groups in total. The summed E-state index contributed by atoms with van der Waals surface area (Å²) in [7, 11) is -4.61. The molecule has 0 aliphatic heterocycles. The van der Waals surface area contributed by atoms with E-state index in [1.807, 2.05) is 13.8 Å². The molecule has 0 aromatic carbocycles. The van der Waals surface area contributed by atoms with Crippen molar-refractivity contribution >= 4 is 19.8 Å². The zero-order chi connectivity index (χ0) is 22.1. The highest BCUT2D eigenvalue weighted by molar-refractivity contribution is 7.47. The molecule has 0 saturated carbocycles. The van der Waals surface area contributed by atoms with Crippen molar-refractivity contribution in [3.63, 3.8) is 0 Å². The molecule has 0 aromatic rings. The number of aliphatic hydroxyl groups excluding tert-OH is 2. The van der Waals surface area contributed by atoms with E-state index in [0.717, 1.165) is 32.3 Å². The van der Waals surface area contributed by atoms with Crippen molar-refractivity contribution in [2.75, 3.05) is 19.8 Å². The Balaban J connectivity index is 4.62. The third-order valence-corrected chi connectivity index (χ3v) is 4.51. The number of rotatable bonds is 18. The van der Waals surface area contributed by atoms with Crippen LogP contribution in [0.1, 0.15) is 65.2 Å². The quantitative estimate of drug-likeness (QED) is 0.125. The summed E-state index contributed by atoms with van der Waals surface area (Å²) in [4.78, 5) is 33.2. The Morgan fingerprint density at radius 3 is 2.14 bits per heavy atom. The van der Waals surface area contributed by atoms with Crippen LogP contribution in [-0.4, -0.2) is 59.1 Å². The Hall–Kier alpha value is -1.03. The van der Waals surface area contributed by atoms with Crippen LogP contribution in [0, 0.1) is 6.61 Å². The lowest BCUT2D eigenvalue weighted by Gasteiger charge is -2.28. The lowest BCUT2D eigenvalue weighted by Crippen LogP contribution is -2.27. The molecule has 0 saturated heterocycles. The Bertz CT molecular complexity index is 499. The molecule has 11 heteroatoms. The highest BCUT2D eigenvalue weighted by atomic mass is 31.2. The van der Waals surface area contributed by atoms with E-state index in [-0.39, 0.29) is 19.4 Å². The SMILES string of the molecule is CCCCCC(=O)OC[C@H]([CH-]OP(=O)(O)OC[C@@H](O)CO)OC(=O)CCCCC. The van der Waals surface area contributed by atoms with Crippen molar-refractivity contribution < 1.29 is 47.8 Å². The van der Waals surface area contributed by atoms with Crippen molar-refractivity contribution in [1.29, 1.82) is 0 Å². The standard InChI is InChI=1S/C18H34O10P/c1-3-5-7-9-17(21)25-13-16(28-18(22)10-8-6-4-2)14-27-29(23,24)26-12-15(20)11-19/h14-16,19-20H,3-13H2,1-2H3,(H,23,24)/q-1/t15-,16+/m0/s1. The van der Waals surface area contributed by atoms with Gasteiger partial charge in [0.25, 0.3) is 0 Å². The highest BCUT2D eigenvalue weighted by Gasteiger charge is 2.21. The summed E-state index contributed by atoms with van der Waals surface area (Å²) in [6.07, 6.45) is 2.70. The molecular formula is C18H34O10P-. The van der Waals surface area contributed by atoms with Crippen LogP contribution >= 0.6 is 7.82 Å². The van der Waals surface area contributed by atoms with Crippen LogP contribution in [-0.2, 0) is 32.7 Å². The third kappa shape index (κ3) is 16.5. The topological polar surface area (TPSA) is 149 Å². The lowest BCUT2D eigenvalue weighted by molar-refractivity contribution is -0.159. The van der Waals surface area contributed by atoms with Crippen LogP contribution in [0.3, 0.4) is 0 Å². The Morgan fingerprint density at radius 2 is 1.59 bits per heavy atom. The van der Waals surface area contributed by atoms with Gasteiger partial charge in [-0.3, -0.25) is 14.1 Å². The number of aliphatic hydroxyl groups is 2. The molecule has 0 rings (SSSR count). The van der Waals surface area contributed by atoms with Crippen molar-refractivity contribution in [2.45, 2.75) is 77.4 Å². The first kappa shape index (κ1) is 28.0. The van der Waals surface area contributed by atoms with E-state index in [9.17, 15) is 19.0 Å². The van der Waals surface area contributed by atoms with Crippen molar-refractivity contribution in [3.05, 3.63) is 6.61 Å². The average molecular weight is 441 g/mol. The molecular weight excluding hydrogens is 407 g/mol. The van der Waals surface area contributed by atoms with E-state index >= 15 is 0 Å². The second-order valence-electron chi connectivity index (χ2n) is 6.47. The lowest BCUT2D eigenvalue weighted by atomic mass is 10.2. The monoisotopic (exact) mass is 441 g/mol. The molecule has 0 spiro atoms. The minimum Gasteiger partial charge on any atom is -0.490 e. The minimum absolute atomic E-state index is 0.151. The van der Waals surface area contributed by atoms with Gasteiger partial charge < -0.3 is 29.1 Å². The second-order valence-corrected chi connectivity index (χ2v) is 7.87. The van der Waals surface area contributed by atoms with Gasteiger partial charge in [0.05, 0.1) is 13.2 Å². The van der Waals surface area contributed by atoms with Gasteiger partial charge in [0, 0.05) is 18.9 Å². The van der Waals surface area contributed by atoms with Crippen molar-refractivity contribution in [2.24, 2.45) is 0 Å². The van der Waals surface area contributed by atoms with Crippen molar-refractivity contribution in [3.8, 4) is 0 Å². The van der Waals surface area contributed by atoms with Crippen LogP contribution < -0.4 is 0 Å². The van der Waals surface area contributed by atoms with Gasteiger partial charge in [-0.2, -0.15) is 6.61 Å². The molecule has 0 heterocycles. The number of phosphoric acid groups is 1. The van der Waals surface area contributed by atoms with Gasteiger partial charge in [-0.05, 0) is 12.8 Å². The van der Waals surface area contributed by atoms with Gasteiger partial charge in [-0.1, -0.05) is 39.5 Å². The van der Waals surface area contributed by atoms with Crippen LogP contribution in [0.2, 0.25) is 0 Å². The first-order valence-corrected chi connectivity index (χ1v) is 11.4. The Kier molecular flexibility index (Phi) is 16.1. The van der Waals surface area contributed by atoms with Gasteiger partial charge in [-0.25, -0.2) is 4.57 Å². The molecule has 0 bridgehead atoms. The number of unbranched alkanes of at least 4 members (excludes halogenated alkanes) is 4. The van der Waals surface area contributed by atoms with E-state index < -0.39 is 45.2 Å². The first-order chi connectivity index (χ1) is 13.7. The maximum absolute atomic E-state index is 11.9. The maximum atomic E-state index is 11.9. The largest absolute Gasteiger partial charge is 0.490 e. The molecule has 0 radical (unpaired) electrons. The number of hydrogen-bond acceptors (Lipinski definition) is 9. The van der Waals surface area contributed by atoms with Gasteiger partial charge >= 0.3 is 19.8 Å². The molecule has 3 atom stereocenters. The smallest absolute Gasteiger partial charge is 0.441 e. The summed E-state index contributed by atoms with van der Waals surface area (Å²) in [5.41, 5.74) is 0. The highest BCUT2D eigenvalue weighted by Crippen LogP contribution is 2.44. The van der Waals surface area contributed by atoms with E-state index in [2.05, 4.69) is 9.05 Å². The number of carbonyl (C=O) groups is 2. The minimum atomic E-state index is -4.61. The molecule has 0 fully saturated rings. The van der Waals surface area contributed by atoms with Crippen molar-refractivity contribution in [1.82, 2.24) is 0 Å². The molecule has 0 aromatic heterocycles. The van der Waals surface area contributed by atoms with Gasteiger partial charge in [-0.15, -0.1) is 0 Å². The van der Waals surface area contributed by atoms with Crippen LogP contribution in [0.4, 0.5) is 0 Å². The van der Waals surface area contributed by atoms with Crippen LogP contribution in [0.5, 0.6) is 0 Å². The molecule has 172 valence electrons. The maximum Gasteiger partial charge on any atom is 0.441 e. The number of carbonyl (C=O) groups excluding carboxylic acids is 2. The summed E-state index contributed by atoms with van der Waals surface area (Å²) in [5.74, 6) is -1.04. The molecule has 0 aliphatic carbocycles. The third-order valence-electron chi connectivity index (χ3n) is 3.65. The van der Waals surface area contributed by atoms with Gasteiger partial charge in [0.15, 0.2) is 0 Å². The molecule has 0 amide bonds. The summed E-state index contributed by atoms with van der Waals surface area (Å²) < 4.78 is 31.1. The molecule has 10 nitrogen and oxygen atoms in total. The van der Waals surface area contributed by atoms with Crippen LogP contribution in [0.15, 0.2) is 0 Å². The van der Waals surface area contributed by atoms with E-state index in [1.54, 1.807) is 0 Å². The molecule has 0 aliphatic rings. The van der Waals surface area contributed by atoms with Gasteiger partial charge in [0.2, 0.25) is 0 Å². The summed E-state index contributed by atoms with van der Waals surface area (Å²) in [5, 5.41) is 17.8. The second kappa shape index (κ2) is 16.7.